The van der Waals surface area contributed by atoms with Crippen LogP contribution >= 0.6 is 11.6 Å². The quantitative estimate of drug-likeness (QED) is 0.613. The maximum atomic E-state index is 12.5. The lowest BCUT2D eigenvalue weighted by Gasteiger charge is -2.26. The lowest BCUT2D eigenvalue weighted by Crippen LogP contribution is -2.52. The van der Waals surface area contributed by atoms with E-state index < -0.39 is 5.54 Å². The summed E-state index contributed by atoms with van der Waals surface area (Å²) in [6.45, 7) is 3.87. The molecule has 1 aliphatic rings. The molecule has 0 radical (unpaired) electrons. The van der Waals surface area contributed by atoms with Gasteiger partial charge in [0.05, 0.1) is 21.5 Å². The predicted molar refractivity (Wildman–Crippen MR) is 111 cm³/mol. The molecule has 3 aromatic rings. The number of nitrogens with zero attached hydrogens (tertiary/aromatic N) is 3. The summed E-state index contributed by atoms with van der Waals surface area (Å²) in [4.78, 5) is 26.7. The molecule has 28 heavy (non-hydrogen) atoms. The van der Waals surface area contributed by atoms with Crippen LogP contribution in [0.5, 0.6) is 0 Å². The molecular formula is C20H23ClN6O. The van der Waals surface area contributed by atoms with Crippen molar-refractivity contribution in [2.75, 3.05) is 24.5 Å². The van der Waals surface area contributed by atoms with Crippen LogP contribution in [0.4, 0.5) is 5.82 Å². The average molecular weight is 399 g/mol. The van der Waals surface area contributed by atoms with Crippen LogP contribution in [0.2, 0.25) is 5.02 Å². The molecule has 1 saturated heterocycles. The van der Waals surface area contributed by atoms with Gasteiger partial charge in [-0.3, -0.25) is 4.79 Å². The van der Waals surface area contributed by atoms with Crippen LogP contribution < -0.4 is 16.0 Å². The Kier molecular flexibility index (Phi) is 4.95. The van der Waals surface area contributed by atoms with Gasteiger partial charge in [-0.1, -0.05) is 30.7 Å². The summed E-state index contributed by atoms with van der Waals surface area (Å²) in [7, 11) is 0. The number of aromatic nitrogens is 3. The molecule has 3 heterocycles. The minimum Gasteiger partial charge on any atom is -0.354 e. The van der Waals surface area contributed by atoms with E-state index in [1.807, 2.05) is 6.20 Å². The van der Waals surface area contributed by atoms with E-state index in [2.05, 4.69) is 32.1 Å². The van der Waals surface area contributed by atoms with E-state index in [9.17, 15) is 4.79 Å². The Labute approximate surface area is 168 Å². The fraction of sp³-hybridized carbons (Fsp3) is 0.350. The smallest absolute Gasteiger partial charge is 0.252 e. The highest BCUT2D eigenvalue weighted by atomic mass is 35.5. The first kappa shape index (κ1) is 18.7. The zero-order valence-electron chi connectivity index (χ0n) is 15.7. The summed E-state index contributed by atoms with van der Waals surface area (Å²) in [6, 6.07) is 7.00. The van der Waals surface area contributed by atoms with Crippen molar-refractivity contribution in [1.82, 2.24) is 20.3 Å². The van der Waals surface area contributed by atoms with Crippen LogP contribution in [0.15, 0.2) is 36.8 Å². The van der Waals surface area contributed by atoms with Gasteiger partial charge in [0.1, 0.15) is 17.8 Å². The molecule has 2 aromatic heterocycles. The fourth-order valence-electron chi connectivity index (χ4n) is 3.75. The number of fused-ring (bicyclic) bond motifs is 1. The van der Waals surface area contributed by atoms with Gasteiger partial charge in [0, 0.05) is 25.8 Å². The number of nitrogens with one attached hydrogen (secondary N) is 2. The molecule has 7 nitrogen and oxygen atoms in total. The van der Waals surface area contributed by atoms with E-state index >= 15 is 0 Å². The van der Waals surface area contributed by atoms with Crippen LogP contribution in [-0.2, 0) is 6.42 Å². The van der Waals surface area contributed by atoms with Crippen molar-refractivity contribution < 1.29 is 4.79 Å². The Morgan fingerprint density at radius 2 is 2.21 bits per heavy atom. The van der Waals surface area contributed by atoms with E-state index in [-0.39, 0.29) is 5.91 Å². The molecule has 1 fully saturated rings. The predicted octanol–water partition coefficient (Wildman–Crippen LogP) is 2.51. The molecule has 0 spiro atoms. The summed E-state index contributed by atoms with van der Waals surface area (Å²) in [5, 5.41) is 4.42. The normalized spacial score (nSPS) is 19.3. The van der Waals surface area contributed by atoms with E-state index in [1.54, 1.807) is 30.6 Å². The summed E-state index contributed by atoms with van der Waals surface area (Å²) >= 11 is 6.11. The number of H-pyrrole nitrogens is 1. The Bertz CT molecular complexity index is 1020. The standard InChI is InChI=1S/C20H23ClN6O/c1-2-13-9-23-17-16(13)18(26-12-25-17)27-8-7-20(22,11-27)10-24-19(28)14-5-3-4-6-15(14)21/h3-6,9,12H,2,7-8,10-11,22H2,1H3,(H,24,28)(H,23,25,26)/t20-/m0/s1. The first-order valence-corrected chi connectivity index (χ1v) is 9.76. The zero-order chi connectivity index (χ0) is 19.7. The average Bonchev–Trinajstić information content (AvgIpc) is 3.30. The van der Waals surface area contributed by atoms with Gasteiger partial charge in [-0.25, -0.2) is 9.97 Å². The third-order valence-corrected chi connectivity index (χ3v) is 5.65. The SMILES string of the molecule is CCc1c[nH]c2ncnc(N3CC[C@](N)(CNC(=O)c4ccccc4Cl)C3)c12. The summed E-state index contributed by atoms with van der Waals surface area (Å²) in [5.41, 5.74) is 8.55. The van der Waals surface area contributed by atoms with Gasteiger partial charge in [-0.05, 0) is 30.5 Å². The third-order valence-electron chi connectivity index (χ3n) is 5.32. The molecule has 1 aromatic carbocycles. The van der Waals surface area contributed by atoms with E-state index in [0.717, 1.165) is 36.2 Å². The molecule has 8 heteroatoms. The van der Waals surface area contributed by atoms with E-state index in [1.165, 1.54) is 5.56 Å². The number of aromatic amines is 1. The Morgan fingerprint density at radius 1 is 1.39 bits per heavy atom. The number of carbonyl (C=O) groups excluding carboxylic acids is 1. The first-order valence-electron chi connectivity index (χ1n) is 9.38. The van der Waals surface area contributed by atoms with Crippen molar-refractivity contribution in [3.8, 4) is 0 Å². The number of anilines is 1. The van der Waals surface area contributed by atoms with Crippen LogP contribution in [0.3, 0.4) is 0 Å². The van der Waals surface area contributed by atoms with E-state index in [4.69, 9.17) is 17.3 Å². The van der Waals surface area contributed by atoms with Crippen LogP contribution in [-0.4, -0.2) is 46.0 Å². The zero-order valence-corrected chi connectivity index (χ0v) is 16.5. The van der Waals surface area contributed by atoms with Gasteiger partial charge in [0.25, 0.3) is 5.91 Å². The molecule has 1 aliphatic heterocycles. The van der Waals surface area contributed by atoms with Crippen molar-refractivity contribution in [3.63, 3.8) is 0 Å². The largest absolute Gasteiger partial charge is 0.354 e. The van der Waals surface area contributed by atoms with Gasteiger partial charge in [0.15, 0.2) is 0 Å². The summed E-state index contributed by atoms with van der Waals surface area (Å²) in [6.07, 6.45) is 5.21. The summed E-state index contributed by atoms with van der Waals surface area (Å²) < 4.78 is 0. The Morgan fingerprint density at radius 3 is 3.00 bits per heavy atom. The second kappa shape index (κ2) is 7.41. The monoisotopic (exact) mass is 398 g/mol. The van der Waals surface area contributed by atoms with Crippen molar-refractivity contribution in [1.29, 1.82) is 0 Å². The maximum absolute atomic E-state index is 12.5. The number of rotatable bonds is 5. The fourth-order valence-corrected chi connectivity index (χ4v) is 3.97. The summed E-state index contributed by atoms with van der Waals surface area (Å²) in [5.74, 6) is 0.685. The van der Waals surface area contributed by atoms with Crippen molar-refractivity contribution in [2.45, 2.75) is 25.3 Å². The minimum absolute atomic E-state index is 0.211. The Hall–Kier alpha value is -2.64. The molecule has 0 unspecified atom stereocenters. The molecule has 1 amide bonds. The maximum Gasteiger partial charge on any atom is 0.252 e. The third kappa shape index (κ3) is 3.43. The Balaban J connectivity index is 1.48. The lowest BCUT2D eigenvalue weighted by atomic mass is 10.00. The first-order chi connectivity index (χ1) is 13.5. The lowest BCUT2D eigenvalue weighted by molar-refractivity contribution is 0.0945. The van der Waals surface area contributed by atoms with Gasteiger partial charge in [-0.15, -0.1) is 0 Å². The molecule has 146 valence electrons. The molecule has 0 aliphatic carbocycles. The van der Waals surface area contributed by atoms with Gasteiger partial charge in [-0.2, -0.15) is 0 Å². The number of carbonyl (C=O) groups is 1. The highest BCUT2D eigenvalue weighted by molar-refractivity contribution is 6.33. The van der Waals surface area contributed by atoms with Crippen LogP contribution in [0.1, 0.15) is 29.3 Å². The highest BCUT2D eigenvalue weighted by Crippen LogP contribution is 2.31. The number of amides is 1. The second-order valence-electron chi connectivity index (χ2n) is 7.28. The van der Waals surface area contributed by atoms with Crippen LogP contribution in [0.25, 0.3) is 11.0 Å². The molecule has 0 bridgehead atoms. The van der Waals surface area contributed by atoms with E-state index in [0.29, 0.717) is 23.7 Å². The molecule has 1 atom stereocenters. The highest BCUT2D eigenvalue weighted by Gasteiger charge is 2.36. The van der Waals surface area contributed by atoms with Gasteiger partial charge in [0.2, 0.25) is 0 Å². The van der Waals surface area contributed by atoms with Crippen molar-refractivity contribution >= 4 is 34.4 Å². The number of aryl methyl sites for hydroxylation is 1. The van der Waals surface area contributed by atoms with Gasteiger partial charge < -0.3 is 20.9 Å². The molecule has 0 saturated carbocycles. The molecule has 4 rings (SSSR count). The van der Waals surface area contributed by atoms with Crippen molar-refractivity contribution in [2.24, 2.45) is 5.73 Å². The van der Waals surface area contributed by atoms with Gasteiger partial charge >= 0.3 is 0 Å². The molecular weight excluding hydrogens is 376 g/mol. The van der Waals surface area contributed by atoms with Crippen molar-refractivity contribution in [3.05, 3.63) is 52.9 Å². The second-order valence-corrected chi connectivity index (χ2v) is 7.69. The number of halogens is 1. The number of benzene rings is 1. The topological polar surface area (TPSA) is 99.9 Å². The number of hydrogen-bond acceptors (Lipinski definition) is 5. The number of nitrogens with two attached hydrogens (primary N) is 1. The molecule has 4 N–H and O–H groups in total. The van der Waals surface area contributed by atoms with Crippen LogP contribution in [0, 0.1) is 0 Å². The minimum atomic E-state index is -0.531. The number of hydrogen-bond donors (Lipinski definition) is 3.